The molecule has 2 unspecified atom stereocenters. The topological polar surface area (TPSA) is 41.3 Å². The quantitative estimate of drug-likeness (QED) is 0.805. The summed E-state index contributed by atoms with van der Waals surface area (Å²) < 4.78 is 1.76. The minimum Gasteiger partial charge on any atom is -0.384 e. The van der Waals surface area contributed by atoms with Crippen molar-refractivity contribution < 1.29 is 5.11 Å². The first kappa shape index (κ1) is 10.3. The summed E-state index contributed by atoms with van der Waals surface area (Å²) in [6.45, 7) is 2.98. The molecule has 88 valence electrons. The molecule has 2 heterocycles. The van der Waals surface area contributed by atoms with Gasteiger partial charge in [-0.1, -0.05) is 0 Å². The molecule has 1 aromatic rings. The summed E-state index contributed by atoms with van der Waals surface area (Å²) in [7, 11) is 1.89. The fourth-order valence-corrected chi connectivity index (χ4v) is 2.89. The zero-order valence-corrected chi connectivity index (χ0v) is 9.93. The first-order chi connectivity index (χ1) is 7.58. The normalized spacial score (nSPS) is 35.8. The Hall–Kier alpha value is -0.870. The lowest BCUT2D eigenvalue weighted by molar-refractivity contribution is 0.0451. The summed E-state index contributed by atoms with van der Waals surface area (Å²) in [6.07, 6.45) is 7.16. The average Bonchev–Trinajstić information content (AvgIpc) is 2.89. The van der Waals surface area contributed by atoms with Crippen LogP contribution in [0.3, 0.4) is 0 Å². The van der Waals surface area contributed by atoms with E-state index in [1.807, 2.05) is 13.2 Å². The van der Waals surface area contributed by atoms with Crippen molar-refractivity contribution in [3.8, 4) is 0 Å². The Labute approximate surface area is 95.9 Å². The van der Waals surface area contributed by atoms with Crippen molar-refractivity contribution in [2.24, 2.45) is 7.05 Å². The third-order valence-corrected chi connectivity index (χ3v) is 3.90. The Morgan fingerprint density at radius 1 is 1.50 bits per heavy atom. The second-order valence-electron chi connectivity index (χ2n) is 5.39. The molecule has 4 nitrogen and oxygen atoms in total. The number of likely N-dealkylation sites (tertiary alicyclic amines) is 1. The van der Waals surface area contributed by atoms with Crippen LogP contribution in [0.25, 0.3) is 0 Å². The second kappa shape index (κ2) is 3.31. The van der Waals surface area contributed by atoms with Crippen LogP contribution in [0.4, 0.5) is 0 Å². The summed E-state index contributed by atoms with van der Waals surface area (Å²) in [5, 5.41) is 14.9. The van der Waals surface area contributed by atoms with Crippen LogP contribution in [0.2, 0.25) is 0 Å². The molecule has 1 saturated heterocycles. The molecule has 1 aliphatic heterocycles. The van der Waals surface area contributed by atoms with Crippen molar-refractivity contribution in [3.05, 3.63) is 18.0 Å². The van der Waals surface area contributed by atoms with Crippen LogP contribution < -0.4 is 0 Å². The maximum atomic E-state index is 10.7. The Bertz CT molecular complexity index is 399. The van der Waals surface area contributed by atoms with Gasteiger partial charge in [0.15, 0.2) is 0 Å². The average molecular weight is 221 g/mol. The molecule has 2 fully saturated rings. The smallest absolute Gasteiger partial charge is 0.107 e. The predicted octanol–water partition coefficient (Wildman–Crippen LogP) is 0.864. The Morgan fingerprint density at radius 3 is 2.81 bits per heavy atom. The van der Waals surface area contributed by atoms with Crippen molar-refractivity contribution >= 4 is 0 Å². The number of aromatic nitrogens is 2. The van der Waals surface area contributed by atoms with Gasteiger partial charge < -0.3 is 5.11 Å². The highest BCUT2D eigenvalue weighted by atomic mass is 16.3. The highest BCUT2D eigenvalue weighted by Gasteiger charge is 2.47. The molecular formula is C12H19N3O. The van der Waals surface area contributed by atoms with Crippen LogP contribution in [-0.4, -0.2) is 38.4 Å². The lowest BCUT2D eigenvalue weighted by atomic mass is 9.94. The van der Waals surface area contributed by atoms with Gasteiger partial charge in [-0.2, -0.15) is 5.10 Å². The number of nitrogens with zero attached hydrogens (tertiary/aromatic N) is 3. The highest BCUT2D eigenvalue weighted by molar-refractivity contribution is 5.20. The molecule has 4 heteroatoms. The molecule has 1 aliphatic carbocycles. The molecule has 1 aromatic heterocycles. The van der Waals surface area contributed by atoms with Crippen molar-refractivity contribution in [2.45, 2.75) is 43.9 Å². The van der Waals surface area contributed by atoms with E-state index in [1.54, 1.807) is 10.9 Å². The van der Waals surface area contributed by atoms with Crippen LogP contribution in [0, 0.1) is 0 Å². The number of rotatable bonds is 2. The van der Waals surface area contributed by atoms with Gasteiger partial charge in [0.25, 0.3) is 0 Å². The summed E-state index contributed by atoms with van der Waals surface area (Å²) in [4.78, 5) is 2.45. The van der Waals surface area contributed by atoms with Crippen molar-refractivity contribution in [2.75, 3.05) is 6.54 Å². The van der Waals surface area contributed by atoms with E-state index in [9.17, 15) is 5.11 Å². The molecule has 3 rings (SSSR count). The maximum Gasteiger partial charge on any atom is 0.107 e. The maximum absolute atomic E-state index is 10.7. The second-order valence-corrected chi connectivity index (χ2v) is 5.39. The molecule has 0 spiro atoms. The lowest BCUT2D eigenvalue weighted by Gasteiger charge is -2.22. The van der Waals surface area contributed by atoms with Gasteiger partial charge in [-0.05, 0) is 26.2 Å². The highest BCUT2D eigenvalue weighted by Crippen LogP contribution is 2.41. The lowest BCUT2D eigenvalue weighted by Crippen LogP contribution is -2.33. The van der Waals surface area contributed by atoms with Crippen molar-refractivity contribution in [3.63, 3.8) is 0 Å². The van der Waals surface area contributed by atoms with Gasteiger partial charge in [-0.25, -0.2) is 0 Å². The number of β-amino-alcohol motifs (C(OH)–C–C–N with tert-alkyl or cyclic N) is 1. The molecule has 16 heavy (non-hydrogen) atoms. The molecule has 1 N–H and O–H groups in total. The summed E-state index contributed by atoms with van der Waals surface area (Å²) in [5.41, 5.74) is 0.279. The summed E-state index contributed by atoms with van der Waals surface area (Å²) >= 11 is 0. The fourth-order valence-electron chi connectivity index (χ4n) is 2.89. The standard InChI is InChI=1S/C12H19N3O/c1-9-5-12(16,8-15(9)11-3-4-11)10-6-13-14(2)7-10/h6-7,9,11,16H,3-5,8H2,1-2H3. The fraction of sp³-hybridized carbons (Fsp3) is 0.750. The minimum absolute atomic E-state index is 0.484. The zero-order chi connectivity index (χ0) is 11.3. The third kappa shape index (κ3) is 1.57. The molecular weight excluding hydrogens is 202 g/mol. The number of aliphatic hydroxyl groups is 1. The zero-order valence-electron chi connectivity index (χ0n) is 9.93. The van der Waals surface area contributed by atoms with Gasteiger partial charge in [-0.3, -0.25) is 9.58 Å². The van der Waals surface area contributed by atoms with E-state index < -0.39 is 5.60 Å². The van der Waals surface area contributed by atoms with Crippen LogP contribution in [-0.2, 0) is 12.6 Å². The SMILES string of the molecule is CC1CC(O)(c2cnn(C)c2)CN1C1CC1. The van der Waals surface area contributed by atoms with Gasteiger partial charge in [0, 0.05) is 37.4 Å². The number of hydrogen-bond acceptors (Lipinski definition) is 3. The van der Waals surface area contributed by atoms with Crippen LogP contribution in [0.5, 0.6) is 0 Å². The summed E-state index contributed by atoms with van der Waals surface area (Å²) in [6, 6.07) is 1.21. The Kier molecular flexibility index (Phi) is 2.13. The van der Waals surface area contributed by atoms with E-state index >= 15 is 0 Å². The van der Waals surface area contributed by atoms with Crippen molar-refractivity contribution in [1.29, 1.82) is 0 Å². The van der Waals surface area contributed by atoms with E-state index in [-0.39, 0.29) is 0 Å². The van der Waals surface area contributed by atoms with Gasteiger partial charge in [0.2, 0.25) is 0 Å². The number of aryl methyl sites for hydroxylation is 1. The largest absolute Gasteiger partial charge is 0.384 e. The molecule has 0 radical (unpaired) electrons. The van der Waals surface area contributed by atoms with Crippen LogP contribution in [0.1, 0.15) is 31.7 Å². The van der Waals surface area contributed by atoms with Gasteiger partial charge >= 0.3 is 0 Å². The monoisotopic (exact) mass is 221 g/mol. The molecule has 0 amide bonds. The Balaban J connectivity index is 1.84. The van der Waals surface area contributed by atoms with Gasteiger partial charge in [-0.15, -0.1) is 0 Å². The minimum atomic E-state index is -0.684. The van der Waals surface area contributed by atoms with Crippen LogP contribution in [0.15, 0.2) is 12.4 Å². The van der Waals surface area contributed by atoms with E-state index in [2.05, 4.69) is 16.9 Å². The molecule has 2 aliphatic rings. The van der Waals surface area contributed by atoms with E-state index in [0.29, 0.717) is 6.04 Å². The van der Waals surface area contributed by atoms with Crippen molar-refractivity contribution in [1.82, 2.24) is 14.7 Å². The molecule has 1 saturated carbocycles. The number of hydrogen-bond donors (Lipinski definition) is 1. The van der Waals surface area contributed by atoms with Gasteiger partial charge in [0.1, 0.15) is 5.60 Å². The molecule has 0 bridgehead atoms. The first-order valence-electron chi connectivity index (χ1n) is 6.06. The third-order valence-electron chi connectivity index (χ3n) is 3.90. The van der Waals surface area contributed by atoms with Gasteiger partial charge in [0.05, 0.1) is 6.20 Å². The van der Waals surface area contributed by atoms with E-state index in [0.717, 1.165) is 24.6 Å². The molecule has 0 aromatic carbocycles. The first-order valence-corrected chi connectivity index (χ1v) is 6.06. The van der Waals surface area contributed by atoms with E-state index in [4.69, 9.17) is 0 Å². The molecule has 2 atom stereocenters. The predicted molar refractivity (Wildman–Crippen MR) is 60.9 cm³/mol. The van der Waals surface area contributed by atoms with E-state index in [1.165, 1.54) is 12.8 Å². The summed E-state index contributed by atoms with van der Waals surface area (Å²) in [5.74, 6) is 0. The van der Waals surface area contributed by atoms with Crippen LogP contribution >= 0.6 is 0 Å². The Morgan fingerprint density at radius 2 is 2.25 bits per heavy atom.